The highest BCUT2D eigenvalue weighted by Crippen LogP contribution is 2.32. The first kappa shape index (κ1) is 21.1. The molecule has 2 aromatic heterocycles. The zero-order valence-electron chi connectivity index (χ0n) is 16.7. The number of pyridine rings is 1. The lowest BCUT2D eigenvalue weighted by Crippen LogP contribution is -2.24. The van der Waals surface area contributed by atoms with Crippen LogP contribution in [0.4, 0.5) is 5.13 Å². The molecule has 0 aliphatic rings. The van der Waals surface area contributed by atoms with E-state index in [2.05, 4.69) is 35.2 Å². The molecule has 0 aliphatic carbocycles. The third kappa shape index (κ3) is 4.86. The topological polar surface area (TPSA) is 87.9 Å². The zero-order valence-corrected chi connectivity index (χ0v) is 18.4. The van der Waals surface area contributed by atoms with E-state index in [4.69, 9.17) is 4.74 Å². The molecular formula is C21H22N4O2S2. The predicted octanol–water partition coefficient (Wildman–Crippen LogP) is 5.20. The maximum atomic E-state index is 12.9. The molecule has 1 amide bonds. The van der Waals surface area contributed by atoms with E-state index in [-0.39, 0.29) is 17.1 Å². The molecule has 29 heavy (non-hydrogen) atoms. The van der Waals surface area contributed by atoms with E-state index in [9.17, 15) is 10.1 Å². The van der Waals surface area contributed by atoms with E-state index in [1.54, 1.807) is 13.2 Å². The quantitative estimate of drug-likeness (QED) is 0.522. The summed E-state index contributed by atoms with van der Waals surface area (Å²) in [5.41, 5.74) is 2.20. The van der Waals surface area contributed by atoms with Crippen molar-refractivity contribution in [2.75, 3.05) is 12.4 Å². The minimum atomic E-state index is -0.376. The lowest BCUT2D eigenvalue weighted by atomic mass is 10.1. The van der Waals surface area contributed by atoms with Crippen molar-refractivity contribution in [1.82, 2.24) is 9.97 Å². The van der Waals surface area contributed by atoms with Gasteiger partial charge in [0.2, 0.25) is 5.91 Å². The lowest BCUT2D eigenvalue weighted by Gasteiger charge is -2.15. The number of ether oxygens (including phenoxy) is 1. The lowest BCUT2D eigenvalue weighted by molar-refractivity contribution is -0.115. The molecule has 0 bridgehead atoms. The summed E-state index contributed by atoms with van der Waals surface area (Å²) in [6.45, 7) is 6.04. The van der Waals surface area contributed by atoms with Gasteiger partial charge < -0.3 is 10.1 Å². The Balaban J connectivity index is 1.79. The molecule has 1 unspecified atom stereocenters. The van der Waals surface area contributed by atoms with Crippen molar-refractivity contribution < 1.29 is 9.53 Å². The Hall–Kier alpha value is -2.63. The average molecular weight is 427 g/mol. The summed E-state index contributed by atoms with van der Waals surface area (Å²) < 4.78 is 6.18. The Morgan fingerprint density at radius 2 is 2.10 bits per heavy atom. The molecule has 0 radical (unpaired) electrons. The van der Waals surface area contributed by atoms with Crippen molar-refractivity contribution in [3.05, 3.63) is 41.6 Å². The minimum absolute atomic E-state index is 0.149. The zero-order chi connectivity index (χ0) is 21.0. The number of nitriles is 1. The number of methoxy groups -OCH3 is 1. The molecule has 3 rings (SSSR count). The summed E-state index contributed by atoms with van der Waals surface area (Å²) in [6.07, 6.45) is 0.605. The summed E-state index contributed by atoms with van der Waals surface area (Å²) in [7, 11) is 1.62. The number of amides is 1. The summed E-state index contributed by atoms with van der Waals surface area (Å²) in [5.74, 6) is 0.848. The molecular weight excluding hydrogens is 404 g/mol. The molecule has 2 heterocycles. The first-order valence-electron chi connectivity index (χ1n) is 9.28. The SMILES string of the molecule is CCC(Sc1nc(C(C)C)ccc1C#N)C(=O)Nc1nc2ccc(OC)cc2s1. The molecule has 3 aromatic rings. The molecule has 0 spiro atoms. The van der Waals surface area contributed by atoms with Crippen molar-refractivity contribution in [2.45, 2.75) is 43.4 Å². The van der Waals surface area contributed by atoms with Gasteiger partial charge in [-0.25, -0.2) is 9.97 Å². The second-order valence-corrected chi connectivity index (χ2v) is 8.93. The molecule has 1 atom stereocenters. The number of aromatic nitrogens is 2. The molecule has 0 aliphatic heterocycles. The van der Waals surface area contributed by atoms with E-state index in [1.165, 1.54) is 23.1 Å². The van der Waals surface area contributed by atoms with Gasteiger partial charge in [-0.1, -0.05) is 43.9 Å². The molecule has 150 valence electrons. The smallest absolute Gasteiger partial charge is 0.239 e. The number of hydrogen-bond acceptors (Lipinski definition) is 7. The van der Waals surface area contributed by atoms with Crippen molar-refractivity contribution >= 4 is 44.4 Å². The van der Waals surface area contributed by atoms with Crippen molar-refractivity contribution in [2.24, 2.45) is 0 Å². The van der Waals surface area contributed by atoms with Crippen LogP contribution in [0.2, 0.25) is 0 Å². The second-order valence-electron chi connectivity index (χ2n) is 6.71. The Bertz CT molecular complexity index is 1070. The van der Waals surface area contributed by atoms with E-state index >= 15 is 0 Å². The molecule has 6 nitrogen and oxygen atoms in total. The largest absolute Gasteiger partial charge is 0.497 e. The normalized spacial score (nSPS) is 12.0. The maximum absolute atomic E-state index is 12.9. The van der Waals surface area contributed by atoms with E-state index in [0.29, 0.717) is 22.1 Å². The Morgan fingerprint density at radius 3 is 2.76 bits per heavy atom. The fourth-order valence-electron chi connectivity index (χ4n) is 2.68. The van der Waals surface area contributed by atoms with Crippen LogP contribution in [0.3, 0.4) is 0 Å². The molecule has 8 heteroatoms. The van der Waals surface area contributed by atoms with Crippen LogP contribution in [0.15, 0.2) is 35.4 Å². The van der Waals surface area contributed by atoms with Gasteiger partial charge in [-0.05, 0) is 42.7 Å². The number of hydrogen-bond donors (Lipinski definition) is 1. The van der Waals surface area contributed by atoms with Gasteiger partial charge in [0.05, 0.1) is 28.1 Å². The molecule has 0 fully saturated rings. The maximum Gasteiger partial charge on any atom is 0.239 e. The van der Waals surface area contributed by atoms with Gasteiger partial charge in [-0.2, -0.15) is 5.26 Å². The highest BCUT2D eigenvalue weighted by atomic mass is 32.2. The first-order valence-corrected chi connectivity index (χ1v) is 11.0. The van der Waals surface area contributed by atoms with Crippen LogP contribution in [-0.2, 0) is 4.79 Å². The van der Waals surface area contributed by atoms with Crippen molar-refractivity contribution in [3.8, 4) is 11.8 Å². The number of thioether (sulfide) groups is 1. The average Bonchev–Trinajstić information content (AvgIpc) is 3.12. The third-order valence-corrected chi connectivity index (χ3v) is 6.64. The van der Waals surface area contributed by atoms with Gasteiger partial charge in [-0.15, -0.1) is 0 Å². The van der Waals surface area contributed by atoms with Crippen LogP contribution >= 0.6 is 23.1 Å². The monoisotopic (exact) mass is 426 g/mol. The number of rotatable bonds is 7. The van der Waals surface area contributed by atoms with E-state index in [0.717, 1.165) is 21.7 Å². The summed E-state index contributed by atoms with van der Waals surface area (Å²) >= 11 is 2.73. The fourth-order valence-corrected chi connectivity index (χ4v) is 4.58. The highest BCUT2D eigenvalue weighted by Gasteiger charge is 2.22. The van der Waals surface area contributed by atoms with Crippen LogP contribution in [0, 0.1) is 11.3 Å². The number of anilines is 1. The van der Waals surface area contributed by atoms with Crippen molar-refractivity contribution in [1.29, 1.82) is 5.26 Å². The number of nitrogens with zero attached hydrogens (tertiary/aromatic N) is 3. The van der Waals surface area contributed by atoms with Gasteiger partial charge in [0, 0.05) is 5.69 Å². The number of carbonyl (C=O) groups excluding carboxylic acids is 1. The Labute approximate surface area is 178 Å². The molecule has 0 saturated carbocycles. The van der Waals surface area contributed by atoms with Crippen molar-refractivity contribution in [3.63, 3.8) is 0 Å². The van der Waals surface area contributed by atoms with Gasteiger partial charge >= 0.3 is 0 Å². The third-order valence-electron chi connectivity index (χ3n) is 4.34. The predicted molar refractivity (Wildman–Crippen MR) is 118 cm³/mol. The number of thiazole rings is 1. The van der Waals surface area contributed by atoms with Gasteiger partial charge in [-0.3, -0.25) is 4.79 Å². The number of fused-ring (bicyclic) bond motifs is 1. The Morgan fingerprint density at radius 1 is 1.31 bits per heavy atom. The number of carbonyl (C=O) groups is 1. The molecule has 1 N–H and O–H groups in total. The Kier molecular flexibility index (Phi) is 6.72. The van der Waals surface area contributed by atoms with Gasteiger partial charge in [0.1, 0.15) is 16.8 Å². The minimum Gasteiger partial charge on any atom is -0.497 e. The summed E-state index contributed by atoms with van der Waals surface area (Å²) in [5, 5.41) is 13.1. The van der Waals surface area contributed by atoms with Crippen LogP contribution in [-0.4, -0.2) is 28.2 Å². The molecule has 0 saturated heterocycles. The standard InChI is InChI=1S/C21H22N4O2S2/c1-5-17(28-20-13(11-22)6-8-15(23-20)12(2)3)19(26)25-21-24-16-9-7-14(27-4)10-18(16)29-21/h6-10,12,17H,5H2,1-4H3,(H,24,25,26). The molecule has 1 aromatic carbocycles. The first-order chi connectivity index (χ1) is 13.9. The van der Waals surface area contributed by atoms with Crippen LogP contribution < -0.4 is 10.1 Å². The van der Waals surface area contributed by atoms with E-state index < -0.39 is 0 Å². The number of nitrogens with one attached hydrogen (secondary N) is 1. The van der Waals surface area contributed by atoms with Crippen LogP contribution in [0.25, 0.3) is 10.2 Å². The highest BCUT2D eigenvalue weighted by molar-refractivity contribution is 8.00. The van der Waals surface area contributed by atoms with Gasteiger partial charge in [0.15, 0.2) is 5.13 Å². The number of benzene rings is 1. The van der Waals surface area contributed by atoms with Gasteiger partial charge in [0.25, 0.3) is 0 Å². The second kappa shape index (κ2) is 9.25. The summed E-state index contributed by atoms with van der Waals surface area (Å²) in [4.78, 5) is 22.0. The van der Waals surface area contributed by atoms with Crippen LogP contribution in [0.5, 0.6) is 5.75 Å². The summed E-state index contributed by atoms with van der Waals surface area (Å²) in [6, 6.07) is 11.4. The fraction of sp³-hybridized carbons (Fsp3) is 0.333. The van der Waals surface area contributed by atoms with E-state index in [1.807, 2.05) is 31.2 Å². The van der Waals surface area contributed by atoms with Crippen LogP contribution in [0.1, 0.15) is 44.4 Å².